The van der Waals surface area contributed by atoms with Gasteiger partial charge < -0.3 is 14.5 Å². The third-order valence-corrected chi connectivity index (χ3v) is 4.37. The molecule has 26 heavy (non-hydrogen) atoms. The third-order valence-electron chi connectivity index (χ3n) is 3.26. The van der Waals surface area contributed by atoms with E-state index >= 15 is 0 Å². The topological polar surface area (TPSA) is 77.2 Å². The number of nitrogens with one attached hydrogen (secondary N) is 1. The molecule has 0 spiro atoms. The lowest BCUT2D eigenvalue weighted by Crippen LogP contribution is -2.14. The summed E-state index contributed by atoms with van der Waals surface area (Å²) in [5, 5.41) is 11.1. The van der Waals surface area contributed by atoms with E-state index in [9.17, 15) is 9.18 Å². The molecule has 3 aromatic rings. The maximum atomic E-state index is 12.9. The van der Waals surface area contributed by atoms with Crippen LogP contribution in [0.3, 0.4) is 0 Å². The Hall–Kier alpha value is -2.58. The van der Waals surface area contributed by atoms with Crippen LogP contribution in [-0.4, -0.2) is 29.0 Å². The number of ether oxygens (including phenoxy) is 1. The monoisotopic (exact) mass is 393 g/mol. The van der Waals surface area contributed by atoms with Crippen LogP contribution in [0.25, 0.3) is 11.5 Å². The second-order valence-corrected chi connectivity index (χ2v) is 6.40. The van der Waals surface area contributed by atoms with Crippen molar-refractivity contribution < 1.29 is 18.3 Å². The van der Waals surface area contributed by atoms with Crippen molar-refractivity contribution in [3.63, 3.8) is 0 Å². The maximum Gasteiger partial charge on any atom is 0.277 e. The second-order valence-electron chi connectivity index (χ2n) is 5.07. The number of carbonyl (C=O) groups excluding carboxylic acids is 1. The van der Waals surface area contributed by atoms with Crippen molar-refractivity contribution in [2.75, 3.05) is 18.2 Å². The summed E-state index contributed by atoms with van der Waals surface area (Å²) in [4.78, 5) is 12.0. The Labute approximate surface area is 157 Å². The number of rotatable bonds is 6. The van der Waals surface area contributed by atoms with E-state index < -0.39 is 0 Å². The van der Waals surface area contributed by atoms with Gasteiger partial charge in [-0.1, -0.05) is 23.4 Å². The first-order valence-corrected chi connectivity index (χ1v) is 8.77. The molecule has 1 aromatic heterocycles. The molecule has 1 amide bonds. The quantitative estimate of drug-likeness (QED) is 0.630. The molecule has 3 rings (SSSR count). The van der Waals surface area contributed by atoms with Gasteiger partial charge in [0.1, 0.15) is 11.6 Å². The highest BCUT2D eigenvalue weighted by atomic mass is 35.5. The van der Waals surface area contributed by atoms with Gasteiger partial charge in [-0.3, -0.25) is 4.79 Å². The lowest BCUT2D eigenvalue weighted by atomic mass is 10.2. The first-order chi connectivity index (χ1) is 12.5. The number of benzene rings is 2. The Bertz CT molecular complexity index is 918. The van der Waals surface area contributed by atoms with Gasteiger partial charge in [0.05, 0.1) is 17.9 Å². The summed E-state index contributed by atoms with van der Waals surface area (Å²) in [5.74, 6) is 0.262. The van der Waals surface area contributed by atoms with Gasteiger partial charge in [0.15, 0.2) is 0 Å². The molecule has 0 aliphatic heterocycles. The van der Waals surface area contributed by atoms with Crippen molar-refractivity contribution in [3.05, 3.63) is 53.3 Å². The van der Waals surface area contributed by atoms with Gasteiger partial charge in [-0.2, -0.15) is 0 Å². The third kappa shape index (κ3) is 4.53. The predicted molar refractivity (Wildman–Crippen MR) is 97.0 cm³/mol. The number of hydrogen-bond acceptors (Lipinski definition) is 6. The van der Waals surface area contributed by atoms with E-state index in [0.717, 1.165) is 11.8 Å². The number of nitrogens with zero attached hydrogens (tertiary/aromatic N) is 2. The van der Waals surface area contributed by atoms with E-state index in [-0.39, 0.29) is 28.6 Å². The Kier molecular flexibility index (Phi) is 5.75. The summed E-state index contributed by atoms with van der Waals surface area (Å²) in [6, 6.07) is 10.6. The summed E-state index contributed by atoms with van der Waals surface area (Å²) in [7, 11) is 1.51. The fourth-order valence-electron chi connectivity index (χ4n) is 2.05. The largest absolute Gasteiger partial charge is 0.495 e. The number of halogens is 2. The molecule has 0 saturated carbocycles. The SMILES string of the molecule is COc1ccc(NC(=O)CSc2nnc(-c3ccc(F)cc3)o2)cc1Cl. The molecule has 9 heteroatoms. The highest BCUT2D eigenvalue weighted by molar-refractivity contribution is 7.99. The number of amides is 1. The molecule has 0 radical (unpaired) electrons. The molecule has 0 fully saturated rings. The van der Waals surface area contributed by atoms with Crippen LogP contribution in [-0.2, 0) is 4.79 Å². The molecule has 0 aliphatic carbocycles. The Balaban J connectivity index is 1.56. The van der Waals surface area contributed by atoms with E-state index in [2.05, 4.69) is 15.5 Å². The summed E-state index contributed by atoms with van der Waals surface area (Å²) in [5.41, 5.74) is 1.15. The molecule has 0 bridgehead atoms. The van der Waals surface area contributed by atoms with Gasteiger partial charge in [-0.25, -0.2) is 4.39 Å². The average Bonchev–Trinajstić information content (AvgIpc) is 3.10. The van der Waals surface area contributed by atoms with E-state index in [1.54, 1.807) is 18.2 Å². The zero-order valence-electron chi connectivity index (χ0n) is 13.5. The van der Waals surface area contributed by atoms with Crippen molar-refractivity contribution in [2.24, 2.45) is 0 Å². The van der Waals surface area contributed by atoms with Gasteiger partial charge in [0.25, 0.3) is 5.22 Å². The smallest absolute Gasteiger partial charge is 0.277 e. The number of carbonyl (C=O) groups is 1. The van der Waals surface area contributed by atoms with Crippen LogP contribution in [0.15, 0.2) is 52.1 Å². The number of hydrogen-bond donors (Lipinski definition) is 1. The van der Waals surface area contributed by atoms with Crippen molar-refractivity contribution in [3.8, 4) is 17.2 Å². The molecule has 134 valence electrons. The zero-order chi connectivity index (χ0) is 18.5. The van der Waals surface area contributed by atoms with E-state index in [4.69, 9.17) is 20.8 Å². The summed E-state index contributed by atoms with van der Waals surface area (Å²) >= 11 is 7.11. The Morgan fingerprint density at radius 1 is 1.27 bits per heavy atom. The summed E-state index contributed by atoms with van der Waals surface area (Å²) in [6.07, 6.45) is 0. The van der Waals surface area contributed by atoms with Crippen LogP contribution in [0.4, 0.5) is 10.1 Å². The van der Waals surface area contributed by atoms with E-state index in [0.29, 0.717) is 22.0 Å². The fourth-order valence-corrected chi connectivity index (χ4v) is 2.87. The highest BCUT2D eigenvalue weighted by Crippen LogP contribution is 2.28. The lowest BCUT2D eigenvalue weighted by molar-refractivity contribution is -0.113. The molecule has 6 nitrogen and oxygen atoms in total. The minimum atomic E-state index is -0.349. The van der Waals surface area contributed by atoms with Crippen LogP contribution in [0.1, 0.15) is 0 Å². The molecule has 1 N–H and O–H groups in total. The minimum absolute atomic E-state index is 0.0781. The Morgan fingerprint density at radius 3 is 2.73 bits per heavy atom. The van der Waals surface area contributed by atoms with E-state index in [1.807, 2.05) is 0 Å². The summed E-state index contributed by atoms with van der Waals surface area (Å²) in [6.45, 7) is 0. The zero-order valence-corrected chi connectivity index (χ0v) is 15.1. The normalized spacial score (nSPS) is 10.6. The van der Waals surface area contributed by atoms with E-state index in [1.165, 1.54) is 31.4 Å². The second kappa shape index (κ2) is 8.20. The Morgan fingerprint density at radius 2 is 2.04 bits per heavy atom. The van der Waals surface area contributed by atoms with Crippen molar-refractivity contribution in [1.29, 1.82) is 0 Å². The van der Waals surface area contributed by atoms with Gasteiger partial charge in [-0.15, -0.1) is 10.2 Å². The first kappa shape index (κ1) is 18.2. The standard InChI is InChI=1S/C17H13ClFN3O3S/c1-24-14-7-6-12(8-13(14)18)20-15(23)9-26-17-22-21-16(25-17)10-2-4-11(19)5-3-10/h2-8H,9H2,1H3,(H,20,23). The van der Waals surface area contributed by atoms with Gasteiger partial charge in [-0.05, 0) is 42.5 Å². The van der Waals surface area contributed by atoms with Gasteiger partial charge >= 0.3 is 0 Å². The van der Waals surface area contributed by atoms with Crippen molar-refractivity contribution in [1.82, 2.24) is 10.2 Å². The molecular formula is C17H13ClFN3O3S. The van der Waals surface area contributed by atoms with Crippen LogP contribution < -0.4 is 10.1 Å². The molecule has 1 heterocycles. The molecule has 2 aromatic carbocycles. The number of anilines is 1. The average molecular weight is 394 g/mol. The van der Waals surface area contributed by atoms with Crippen LogP contribution in [0.2, 0.25) is 5.02 Å². The van der Waals surface area contributed by atoms with Gasteiger partial charge in [0, 0.05) is 11.3 Å². The molecular weight excluding hydrogens is 381 g/mol. The fraction of sp³-hybridized carbons (Fsp3) is 0.118. The lowest BCUT2D eigenvalue weighted by Gasteiger charge is -2.07. The predicted octanol–water partition coefficient (Wildman–Crippen LogP) is 4.27. The summed E-state index contributed by atoms with van der Waals surface area (Å²) < 4.78 is 23.5. The minimum Gasteiger partial charge on any atom is -0.495 e. The van der Waals surface area contributed by atoms with Crippen LogP contribution in [0.5, 0.6) is 5.75 Å². The molecule has 0 aliphatic rings. The number of thioether (sulfide) groups is 1. The molecule has 0 atom stereocenters. The molecule has 0 unspecified atom stereocenters. The van der Waals surface area contributed by atoms with Crippen LogP contribution >= 0.6 is 23.4 Å². The number of methoxy groups -OCH3 is 1. The van der Waals surface area contributed by atoms with Gasteiger partial charge in [0.2, 0.25) is 11.8 Å². The maximum absolute atomic E-state index is 12.9. The van der Waals surface area contributed by atoms with Crippen molar-refractivity contribution in [2.45, 2.75) is 5.22 Å². The first-order valence-electron chi connectivity index (χ1n) is 7.41. The van der Waals surface area contributed by atoms with Crippen molar-refractivity contribution >= 4 is 35.0 Å². The highest BCUT2D eigenvalue weighted by Gasteiger charge is 2.12. The molecule has 0 saturated heterocycles. The van der Waals surface area contributed by atoms with Crippen LogP contribution in [0, 0.1) is 5.82 Å². The number of aromatic nitrogens is 2.